The van der Waals surface area contributed by atoms with E-state index in [0.29, 0.717) is 5.92 Å². The summed E-state index contributed by atoms with van der Waals surface area (Å²) in [6.07, 6.45) is 5.20. The molecular weight excluding hydrogens is 326 g/mol. The van der Waals surface area contributed by atoms with E-state index in [1.165, 1.54) is 5.56 Å². The van der Waals surface area contributed by atoms with Crippen molar-refractivity contribution in [3.63, 3.8) is 0 Å². The number of carbonyl (C=O) groups is 1. The highest BCUT2D eigenvalue weighted by molar-refractivity contribution is 5.92. The van der Waals surface area contributed by atoms with E-state index in [-0.39, 0.29) is 5.91 Å². The van der Waals surface area contributed by atoms with E-state index in [9.17, 15) is 4.79 Å². The van der Waals surface area contributed by atoms with E-state index in [4.69, 9.17) is 5.10 Å². The predicted molar refractivity (Wildman–Crippen MR) is 100 cm³/mol. The Balaban J connectivity index is 1.48. The molecule has 2 aliphatic rings. The Morgan fingerprint density at radius 3 is 2.88 bits per heavy atom. The van der Waals surface area contributed by atoms with Gasteiger partial charge in [-0.3, -0.25) is 19.4 Å². The van der Waals surface area contributed by atoms with Gasteiger partial charge in [-0.15, -0.1) is 0 Å². The molecule has 6 heteroatoms. The van der Waals surface area contributed by atoms with Crippen molar-refractivity contribution in [2.45, 2.75) is 45.2 Å². The summed E-state index contributed by atoms with van der Waals surface area (Å²) in [4.78, 5) is 21.3. The molecule has 0 saturated carbocycles. The number of hydrogen-bond donors (Lipinski definition) is 0. The molecule has 4 rings (SSSR count). The van der Waals surface area contributed by atoms with E-state index in [1.807, 2.05) is 24.0 Å². The molecule has 2 aliphatic heterocycles. The van der Waals surface area contributed by atoms with Crippen molar-refractivity contribution in [2.24, 2.45) is 0 Å². The van der Waals surface area contributed by atoms with Crippen LogP contribution < -0.4 is 0 Å². The number of pyridine rings is 1. The van der Waals surface area contributed by atoms with Crippen LogP contribution in [-0.4, -0.2) is 57.2 Å². The molecule has 0 N–H and O–H groups in total. The maximum absolute atomic E-state index is 12.5. The Hall–Kier alpha value is -2.21. The van der Waals surface area contributed by atoms with Gasteiger partial charge in [0.05, 0.1) is 11.4 Å². The van der Waals surface area contributed by atoms with Crippen LogP contribution in [0.4, 0.5) is 0 Å². The van der Waals surface area contributed by atoms with Gasteiger partial charge in [0.25, 0.3) is 5.91 Å². The van der Waals surface area contributed by atoms with Crippen LogP contribution in [0.25, 0.3) is 0 Å². The van der Waals surface area contributed by atoms with E-state index >= 15 is 0 Å². The maximum Gasteiger partial charge on any atom is 0.271 e. The highest BCUT2D eigenvalue weighted by Gasteiger charge is 2.28. The van der Waals surface area contributed by atoms with Crippen molar-refractivity contribution in [2.75, 3.05) is 26.7 Å². The molecule has 1 unspecified atom stereocenters. The first-order valence-electron chi connectivity index (χ1n) is 9.57. The van der Waals surface area contributed by atoms with Gasteiger partial charge >= 0.3 is 0 Å². The molecular formula is C20H27N5O. The van der Waals surface area contributed by atoms with E-state index in [1.54, 1.807) is 4.90 Å². The molecule has 0 bridgehead atoms. The SMILES string of the molecule is Cc1ccc(CN2CCCC(c3cc4n(n3)CCCN(C)C4=O)C2)nc1. The Kier molecular flexibility index (Phi) is 4.76. The molecule has 0 spiro atoms. The first kappa shape index (κ1) is 17.2. The molecule has 2 aromatic heterocycles. The predicted octanol–water partition coefficient (Wildman–Crippen LogP) is 2.44. The average Bonchev–Trinajstić information content (AvgIpc) is 3.02. The van der Waals surface area contributed by atoms with Crippen molar-refractivity contribution < 1.29 is 4.79 Å². The van der Waals surface area contributed by atoms with E-state index in [2.05, 4.69) is 28.9 Å². The van der Waals surface area contributed by atoms with Crippen molar-refractivity contribution in [3.8, 4) is 0 Å². The van der Waals surface area contributed by atoms with Gasteiger partial charge in [-0.05, 0) is 50.4 Å². The van der Waals surface area contributed by atoms with Crippen LogP contribution in [0.3, 0.4) is 0 Å². The molecule has 138 valence electrons. The second-order valence-electron chi connectivity index (χ2n) is 7.66. The van der Waals surface area contributed by atoms with Crippen LogP contribution >= 0.6 is 0 Å². The van der Waals surface area contributed by atoms with Crippen LogP contribution in [-0.2, 0) is 13.1 Å². The number of likely N-dealkylation sites (tertiary alicyclic amines) is 1. The minimum Gasteiger partial charge on any atom is -0.340 e. The van der Waals surface area contributed by atoms with Crippen LogP contribution in [0.2, 0.25) is 0 Å². The molecule has 4 heterocycles. The van der Waals surface area contributed by atoms with Crippen molar-refractivity contribution in [1.29, 1.82) is 0 Å². The lowest BCUT2D eigenvalue weighted by atomic mass is 9.94. The standard InChI is InChI=1S/C20H27N5O/c1-15-6-7-17(21-12-15)14-24-9-3-5-16(13-24)18-11-19-20(26)23(2)8-4-10-25(19)22-18/h6-7,11-12,16H,3-5,8-10,13-14H2,1-2H3. The molecule has 1 fully saturated rings. The molecule has 1 atom stereocenters. The van der Waals surface area contributed by atoms with Crippen LogP contribution in [0.1, 0.15) is 52.6 Å². The van der Waals surface area contributed by atoms with Gasteiger partial charge in [-0.1, -0.05) is 6.07 Å². The number of carbonyl (C=O) groups excluding carboxylic acids is 1. The normalized spacial score (nSPS) is 21.5. The van der Waals surface area contributed by atoms with Gasteiger partial charge in [-0.2, -0.15) is 5.10 Å². The molecule has 0 aliphatic carbocycles. The molecule has 1 amide bonds. The lowest BCUT2D eigenvalue weighted by Crippen LogP contribution is -2.34. The van der Waals surface area contributed by atoms with Gasteiger partial charge in [0.15, 0.2) is 0 Å². The zero-order chi connectivity index (χ0) is 18.1. The smallest absolute Gasteiger partial charge is 0.271 e. The van der Waals surface area contributed by atoms with Gasteiger partial charge < -0.3 is 4.90 Å². The molecule has 0 aromatic carbocycles. The first-order valence-corrected chi connectivity index (χ1v) is 9.57. The summed E-state index contributed by atoms with van der Waals surface area (Å²) in [7, 11) is 1.88. The summed E-state index contributed by atoms with van der Waals surface area (Å²) in [5.74, 6) is 0.490. The fourth-order valence-corrected chi connectivity index (χ4v) is 4.00. The van der Waals surface area contributed by atoms with Crippen molar-refractivity contribution in [1.82, 2.24) is 24.6 Å². The molecule has 2 aromatic rings. The summed E-state index contributed by atoms with van der Waals surface area (Å²) >= 11 is 0. The number of aromatic nitrogens is 3. The second-order valence-corrected chi connectivity index (χ2v) is 7.66. The Morgan fingerprint density at radius 2 is 2.08 bits per heavy atom. The summed E-state index contributed by atoms with van der Waals surface area (Å²) < 4.78 is 1.92. The van der Waals surface area contributed by atoms with Gasteiger partial charge in [0.2, 0.25) is 0 Å². The lowest BCUT2D eigenvalue weighted by molar-refractivity contribution is 0.0796. The van der Waals surface area contributed by atoms with Gasteiger partial charge in [-0.25, -0.2) is 0 Å². The molecule has 0 radical (unpaired) electrons. The van der Waals surface area contributed by atoms with Gasteiger partial charge in [0, 0.05) is 45.3 Å². The molecule has 1 saturated heterocycles. The fraction of sp³-hybridized carbons (Fsp3) is 0.550. The number of fused-ring (bicyclic) bond motifs is 1. The third kappa shape index (κ3) is 3.51. The number of piperidine rings is 1. The lowest BCUT2D eigenvalue weighted by Gasteiger charge is -2.31. The zero-order valence-electron chi connectivity index (χ0n) is 15.7. The minimum atomic E-state index is 0.0952. The average molecular weight is 353 g/mol. The first-order chi connectivity index (χ1) is 12.6. The number of rotatable bonds is 3. The quantitative estimate of drug-likeness (QED) is 0.850. The monoisotopic (exact) mass is 353 g/mol. The molecule has 6 nitrogen and oxygen atoms in total. The summed E-state index contributed by atoms with van der Waals surface area (Å²) in [5.41, 5.74) is 4.13. The minimum absolute atomic E-state index is 0.0952. The number of amides is 1. The Morgan fingerprint density at radius 1 is 1.19 bits per heavy atom. The topological polar surface area (TPSA) is 54.3 Å². The number of nitrogens with zero attached hydrogens (tertiary/aromatic N) is 5. The highest BCUT2D eigenvalue weighted by atomic mass is 16.2. The third-order valence-corrected chi connectivity index (χ3v) is 5.51. The van der Waals surface area contributed by atoms with Crippen molar-refractivity contribution in [3.05, 3.63) is 47.0 Å². The largest absolute Gasteiger partial charge is 0.340 e. The number of hydrogen-bond acceptors (Lipinski definition) is 4. The zero-order valence-corrected chi connectivity index (χ0v) is 15.7. The maximum atomic E-state index is 12.5. The fourth-order valence-electron chi connectivity index (χ4n) is 4.00. The van der Waals surface area contributed by atoms with Crippen LogP contribution in [0.5, 0.6) is 0 Å². The summed E-state index contributed by atoms with van der Waals surface area (Å²) in [5, 5.41) is 4.80. The summed E-state index contributed by atoms with van der Waals surface area (Å²) in [6.45, 7) is 6.66. The van der Waals surface area contributed by atoms with E-state index in [0.717, 1.165) is 69.1 Å². The molecule has 26 heavy (non-hydrogen) atoms. The number of aryl methyl sites for hydroxylation is 2. The van der Waals surface area contributed by atoms with Crippen molar-refractivity contribution >= 4 is 5.91 Å². The van der Waals surface area contributed by atoms with Crippen LogP contribution in [0.15, 0.2) is 24.4 Å². The Labute approximate surface area is 154 Å². The third-order valence-electron chi connectivity index (χ3n) is 5.51. The van der Waals surface area contributed by atoms with E-state index < -0.39 is 0 Å². The highest BCUT2D eigenvalue weighted by Crippen LogP contribution is 2.28. The summed E-state index contributed by atoms with van der Waals surface area (Å²) in [6, 6.07) is 6.27. The van der Waals surface area contributed by atoms with Gasteiger partial charge in [0.1, 0.15) is 5.69 Å². The van der Waals surface area contributed by atoms with Crippen LogP contribution in [0, 0.1) is 6.92 Å². The Bertz CT molecular complexity index is 782. The second kappa shape index (κ2) is 7.19.